The third kappa shape index (κ3) is 4.12. The van der Waals surface area contributed by atoms with Crippen LogP contribution in [0.5, 0.6) is 0 Å². The Kier molecular flexibility index (Phi) is 4.60. The van der Waals surface area contributed by atoms with E-state index >= 15 is 0 Å². The summed E-state index contributed by atoms with van der Waals surface area (Å²) in [5.41, 5.74) is 0.507. The number of nitrogens with one attached hydrogen (secondary N) is 1. The Balaban J connectivity index is 2.78. The lowest BCUT2D eigenvalue weighted by Gasteiger charge is -2.12. The van der Waals surface area contributed by atoms with Crippen LogP contribution < -0.4 is 5.32 Å². The highest BCUT2D eigenvalue weighted by Gasteiger charge is 2.23. The smallest absolute Gasteiger partial charge is 0.326 e. The van der Waals surface area contributed by atoms with Crippen molar-refractivity contribution < 1.29 is 24.6 Å². The summed E-state index contributed by atoms with van der Waals surface area (Å²) in [4.78, 5) is 32.9. The number of carboxylic acid groups (broad SMARTS) is 2. The number of carbonyl (C=O) groups excluding carboxylic acids is 1. The number of carbonyl (C=O) groups is 3. The van der Waals surface area contributed by atoms with Gasteiger partial charge in [-0.2, -0.15) is 5.26 Å². The van der Waals surface area contributed by atoms with Crippen molar-refractivity contribution >= 4 is 17.8 Å². The number of carboxylic acids is 2. The minimum absolute atomic E-state index is 0.149. The van der Waals surface area contributed by atoms with Gasteiger partial charge in [0.05, 0.1) is 18.1 Å². The third-order valence-electron chi connectivity index (χ3n) is 2.26. The van der Waals surface area contributed by atoms with Crippen LogP contribution in [0.4, 0.5) is 0 Å². The first kappa shape index (κ1) is 14.2. The Morgan fingerprint density at radius 3 is 2.21 bits per heavy atom. The zero-order valence-electron chi connectivity index (χ0n) is 9.66. The topological polar surface area (TPSA) is 127 Å². The summed E-state index contributed by atoms with van der Waals surface area (Å²) in [6, 6.07) is 5.89. The molecule has 1 atom stereocenters. The molecule has 0 aliphatic heterocycles. The number of hydrogen-bond acceptors (Lipinski definition) is 4. The van der Waals surface area contributed by atoms with Crippen molar-refractivity contribution in [2.75, 3.05) is 0 Å². The maximum absolute atomic E-state index is 11.7. The molecule has 0 bridgehead atoms. The van der Waals surface area contributed by atoms with Gasteiger partial charge >= 0.3 is 11.9 Å². The Hall–Kier alpha value is -2.88. The van der Waals surface area contributed by atoms with Gasteiger partial charge in [0.25, 0.3) is 5.91 Å². The number of nitrogens with zero attached hydrogens (tertiary/aromatic N) is 1. The quantitative estimate of drug-likeness (QED) is 0.696. The maximum atomic E-state index is 11.7. The molecule has 1 aromatic carbocycles. The fraction of sp³-hybridized carbons (Fsp3) is 0.167. The van der Waals surface area contributed by atoms with Crippen molar-refractivity contribution in [1.82, 2.24) is 5.32 Å². The fourth-order valence-corrected chi connectivity index (χ4v) is 1.31. The summed E-state index contributed by atoms with van der Waals surface area (Å²) in [7, 11) is 0. The molecule has 0 aromatic heterocycles. The van der Waals surface area contributed by atoms with Gasteiger partial charge in [0.2, 0.25) is 0 Å². The van der Waals surface area contributed by atoms with E-state index in [0.717, 1.165) is 0 Å². The van der Waals surface area contributed by atoms with Gasteiger partial charge in [-0.3, -0.25) is 9.59 Å². The first-order valence-electron chi connectivity index (χ1n) is 5.19. The van der Waals surface area contributed by atoms with E-state index in [1.54, 1.807) is 0 Å². The van der Waals surface area contributed by atoms with Gasteiger partial charge in [0.15, 0.2) is 0 Å². The first-order chi connectivity index (χ1) is 8.93. The van der Waals surface area contributed by atoms with Gasteiger partial charge in [0, 0.05) is 5.56 Å². The molecule has 98 valence electrons. The number of benzene rings is 1. The molecule has 19 heavy (non-hydrogen) atoms. The fourth-order valence-electron chi connectivity index (χ4n) is 1.31. The molecule has 1 aromatic rings. The molecule has 0 radical (unpaired) electrons. The van der Waals surface area contributed by atoms with E-state index in [9.17, 15) is 14.4 Å². The molecule has 0 unspecified atom stereocenters. The van der Waals surface area contributed by atoms with Gasteiger partial charge in [-0.05, 0) is 24.3 Å². The van der Waals surface area contributed by atoms with Crippen LogP contribution in [0.25, 0.3) is 0 Å². The van der Waals surface area contributed by atoms with Gasteiger partial charge in [-0.25, -0.2) is 4.79 Å². The van der Waals surface area contributed by atoms with Crippen LogP contribution >= 0.6 is 0 Å². The van der Waals surface area contributed by atoms with Crippen molar-refractivity contribution in [3.63, 3.8) is 0 Å². The summed E-state index contributed by atoms with van der Waals surface area (Å²) >= 11 is 0. The van der Waals surface area contributed by atoms with Crippen LogP contribution in [0, 0.1) is 11.3 Å². The first-order valence-corrected chi connectivity index (χ1v) is 5.19. The van der Waals surface area contributed by atoms with E-state index in [1.807, 2.05) is 6.07 Å². The average molecular weight is 262 g/mol. The van der Waals surface area contributed by atoms with Crippen LogP contribution in [0.3, 0.4) is 0 Å². The van der Waals surface area contributed by atoms with Gasteiger partial charge in [-0.1, -0.05) is 0 Å². The zero-order chi connectivity index (χ0) is 14.4. The molecular weight excluding hydrogens is 252 g/mol. The van der Waals surface area contributed by atoms with Gasteiger partial charge in [0.1, 0.15) is 6.04 Å². The highest BCUT2D eigenvalue weighted by Crippen LogP contribution is 2.04. The molecule has 0 saturated carbocycles. The molecule has 7 nitrogen and oxygen atoms in total. The molecule has 1 amide bonds. The zero-order valence-corrected chi connectivity index (χ0v) is 9.66. The van der Waals surface area contributed by atoms with Crippen LogP contribution in [-0.4, -0.2) is 34.1 Å². The summed E-state index contributed by atoms with van der Waals surface area (Å²) in [5, 5.41) is 28.0. The molecule has 0 fully saturated rings. The van der Waals surface area contributed by atoms with Crippen LogP contribution in [0.1, 0.15) is 22.3 Å². The summed E-state index contributed by atoms with van der Waals surface area (Å²) in [5.74, 6) is -3.46. The number of hydrogen-bond donors (Lipinski definition) is 3. The van der Waals surface area contributed by atoms with E-state index < -0.39 is 30.3 Å². The minimum Gasteiger partial charge on any atom is -0.481 e. The Bertz CT molecular complexity index is 544. The molecular formula is C12H10N2O5. The highest BCUT2D eigenvalue weighted by molar-refractivity contribution is 5.97. The summed E-state index contributed by atoms with van der Waals surface area (Å²) in [6.07, 6.45) is -0.711. The van der Waals surface area contributed by atoms with E-state index in [0.29, 0.717) is 5.56 Å². The van der Waals surface area contributed by atoms with Crippen molar-refractivity contribution in [2.24, 2.45) is 0 Å². The predicted octanol–water partition coefficient (Wildman–Crippen LogP) is 0.216. The van der Waals surface area contributed by atoms with Crippen molar-refractivity contribution in [1.29, 1.82) is 5.26 Å². The van der Waals surface area contributed by atoms with Crippen molar-refractivity contribution in [3.05, 3.63) is 35.4 Å². The lowest BCUT2D eigenvalue weighted by atomic mass is 10.1. The normalized spacial score (nSPS) is 11.1. The molecule has 0 saturated heterocycles. The number of rotatable bonds is 5. The second kappa shape index (κ2) is 6.16. The molecule has 0 spiro atoms. The summed E-state index contributed by atoms with van der Waals surface area (Å²) in [6.45, 7) is 0. The lowest BCUT2D eigenvalue weighted by molar-refractivity contribution is -0.145. The highest BCUT2D eigenvalue weighted by atomic mass is 16.4. The average Bonchev–Trinajstić information content (AvgIpc) is 2.37. The number of amides is 1. The Labute approximate surface area is 108 Å². The van der Waals surface area contributed by atoms with Crippen molar-refractivity contribution in [2.45, 2.75) is 12.5 Å². The largest absolute Gasteiger partial charge is 0.481 e. The number of nitriles is 1. The van der Waals surface area contributed by atoms with E-state index in [2.05, 4.69) is 5.32 Å². The number of aliphatic carboxylic acids is 2. The van der Waals surface area contributed by atoms with Crippen LogP contribution in [0.15, 0.2) is 24.3 Å². The molecule has 7 heteroatoms. The van der Waals surface area contributed by atoms with E-state index in [1.165, 1.54) is 24.3 Å². The molecule has 1 rings (SSSR count). The maximum Gasteiger partial charge on any atom is 0.326 e. The predicted molar refractivity (Wildman–Crippen MR) is 62.3 cm³/mol. The SMILES string of the molecule is N#Cc1ccc(C(=O)N[C@H](CC(=O)O)C(=O)O)cc1. The molecule has 3 N–H and O–H groups in total. The molecule has 0 heterocycles. The van der Waals surface area contributed by atoms with E-state index in [4.69, 9.17) is 15.5 Å². The minimum atomic E-state index is -1.50. The van der Waals surface area contributed by atoms with Crippen LogP contribution in [0.2, 0.25) is 0 Å². The van der Waals surface area contributed by atoms with Gasteiger partial charge in [-0.15, -0.1) is 0 Å². The monoisotopic (exact) mass is 262 g/mol. The van der Waals surface area contributed by atoms with E-state index in [-0.39, 0.29) is 5.56 Å². The standard InChI is InChI=1S/C12H10N2O5/c13-6-7-1-3-8(4-2-7)11(17)14-9(12(18)19)5-10(15)16/h1-4,9H,5H2,(H,14,17)(H,15,16)(H,18,19)/t9-/m1/s1. The van der Waals surface area contributed by atoms with Gasteiger partial charge < -0.3 is 15.5 Å². The second-order valence-electron chi connectivity index (χ2n) is 3.65. The second-order valence-corrected chi connectivity index (χ2v) is 3.65. The molecule has 0 aliphatic rings. The van der Waals surface area contributed by atoms with Crippen LogP contribution in [-0.2, 0) is 9.59 Å². The Morgan fingerprint density at radius 1 is 1.21 bits per heavy atom. The molecule has 0 aliphatic carbocycles. The summed E-state index contributed by atoms with van der Waals surface area (Å²) < 4.78 is 0. The van der Waals surface area contributed by atoms with Crippen molar-refractivity contribution in [3.8, 4) is 6.07 Å². The third-order valence-corrected chi connectivity index (χ3v) is 2.26. The Morgan fingerprint density at radius 2 is 1.79 bits per heavy atom. The lowest BCUT2D eigenvalue weighted by Crippen LogP contribution is -2.42.